The Morgan fingerprint density at radius 3 is 2.03 bits per heavy atom. The average Bonchev–Trinajstić information content (AvgIpc) is 2.61. The summed E-state index contributed by atoms with van der Waals surface area (Å²) >= 11 is 0. The molecule has 2 bridgehead atoms. The van der Waals surface area contributed by atoms with Gasteiger partial charge in [0.25, 0.3) is 0 Å². The number of carbonyl (C=O) groups is 2. The number of fused-ring (bicyclic) bond motifs is 2. The lowest BCUT2D eigenvalue weighted by Crippen LogP contribution is -2.48. The molecule has 0 spiro atoms. The van der Waals surface area contributed by atoms with Gasteiger partial charge in [0.1, 0.15) is 0 Å². The Bertz CT molecular complexity index is 655. The predicted octanol–water partition coefficient (Wildman–Crippen LogP) is 3.51. The topological polar surface area (TPSA) is 87.5 Å². The minimum atomic E-state index is -0.00873. The summed E-state index contributed by atoms with van der Waals surface area (Å²) in [6, 6.07) is 7.62. The molecule has 2 atom stereocenters. The van der Waals surface area contributed by atoms with E-state index in [1.165, 1.54) is 6.42 Å². The highest BCUT2D eigenvalue weighted by atomic mass is 35.5. The van der Waals surface area contributed by atoms with Gasteiger partial charge in [-0.15, -0.1) is 24.8 Å². The molecule has 6 nitrogen and oxygen atoms in total. The molecule has 0 saturated heterocycles. The van der Waals surface area contributed by atoms with E-state index in [-0.39, 0.29) is 48.6 Å². The molecular formula is C21H34Cl2N4O2. The van der Waals surface area contributed by atoms with E-state index in [0.29, 0.717) is 24.8 Å². The first-order valence-corrected chi connectivity index (χ1v) is 10.0. The highest BCUT2D eigenvalue weighted by Gasteiger charge is 2.40. The highest BCUT2D eigenvalue weighted by molar-refractivity contribution is 5.94. The summed E-state index contributed by atoms with van der Waals surface area (Å²) < 4.78 is 0. The van der Waals surface area contributed by atoms with E-state index in [2.05, 4.69) is 10.6 Å². The average molecular weight is 445 g/mol. The Balaban J connectivity index is 0.00000210. The summed E-state index contributed by atoms with van der Waals surface area (Å²) in [6.07, 6.45) is 5.83. The zero-order valence-electron chi connectivity index (χ0n) is 17.2. The molecule has 4 N–H and O–H groups in total. The maximum atomic E-state index is 12.7. The number of carbonyl (C=O) groups excluding carboxylic acids is 2. The van der Waals surface area contributed by atoms with E-state index >= 15 is 0 Å². The fourth-order valence-corrected chi connectivity index (χ4v) is 4.43. The van der Waals surface area contributed by atoms with E-state index in [4.69, 9.17) is 5.73 Å². The fourth-order valence-electron chi connectivity index (χ4n) is 4.43. The van der Waals surface area contributed by atoms with Crippen molar-refractivity contribution < 1.29 is 9.59 Å². The van der Waals surface area contributed by atoms with Gasteiger partial charge in [0.2, 0.25) is 11.8 Å². The van der Waals surface area contributed by atoms with Gasteiger partial charge in [0.15, 0.2) is 0 Å². The molecule has 29 heavy (non-hydrogen) atoms. The quantitative estimate of drug-likeness (QED) is 0.626. The summed E-state index contributed by atoms with van der Waals surface area (Å²) in [5.74, 6) is 1.14. The molecule has 164 valence electrons. The third-order valence-corrected chi connectivity index (χ3v) is 6.01. The third-order valence-electron chi connectivity index (χ3n) is 6.01. The molecule has 0 aliphatic heterocycles. The summed E-state index contributed by atoms with van der Waals surface area (Å²) in [6.45, 7) is 0.715. The number of rotatable bonds is 6. The molecule has 2 fully saturated rings. The number of halogens is 2. The molecule has 8 heteroatoms. The summed E-state index contributed by atoms with van der Waals surface area (Å²) in [5, 5.41) is 5.92. The zero-order valence-corrected chi connectivity index (χ0v) is 18.9. The van der Waals surface area contributed by atoms with Gasteiger partial charge < -0.3 is 21.3 Å². The molecule has 0 aromatic heterocycles. The van der Waals surface area contributed by atoms with Crippen molar-refractivity contribution in [3.8, 4) is 0 Å². The minimum absolute atomic E-state index is 0. The lowest BCUT2D eigenvalue weighted by atomic mass is 9.65. The van der Waals surface area contributed by atoms with E-state index in [9.17, 15) is 9.59 Å². The van der Waals surface area contributed by atoms with Crippen LogP contribution in [-0.4, -0.2) is 43.4 Å². The summed E-state index contributed by atoms with van der Waals surface area (Å²) in [4.78, 5) is 26.6. The Hall–Kier alpha value is -1.34. The van der Waals surface area contributed by atoms with E-state index in [1.807, 2.05) is 43.3 Å². The number of anilines is 2. The van der Waals surface area contributed by atoms with Crippen LogP contribution in [0.5, 0.6) is 0 Å². The minimum Gasteiger partial charge on any atom is -0.327 e. The lowest BCUT2D eigenvalue weighted by Gasteiger charge is -2.43. The number of hydrogen-bond donors (Lipinski definition) is 3. The van der Waals surface area contributed by atoms with Gasteiger partial charge >= 0.3 is 0 Å². The second-order valence-electron chi connectivity index (χ2n) is 8.36. The SMILES string of the molecule is CN(C)CCC(=O)Nc1ccc(NC(=O)C2CC3CCCC(C2)C3N)cc1.Cl.Cl. The van der Waals surface area contributed by atoms with Crippen molar-refractivity contribution in [2.45, 2.75) is 44.6 Å². The molecule has 1 aromatic rings. The number of nitrogens with two attached hydrogens (primary N) is 1. The van der Waals surface area contributed by atoms with Crippen molar-refractivity contribution in [1.82, 2.24) is 4.90 Å². The van der Waals surface area contributed by atoms with Crippen molar-refractivity contribution in [2.75, 3.05) is 31.3 Å². The van der Waals surface area contributed by atoms with Crippen LogP contribution >= 0.6 is 24.8 Å². The van der Waals surface area contributed by atoms with Crippen molar-refractivity contribution >= 4 is 48.0 Å². The van der Waals surface area contributed by atoms with Crippen molar-refractivity contribution in [3.05, 3.63) is 24.3 Å². The first kappa shape index (κ1) is 25.7. The van der Waals surface area contributed by atoms with Gasteiger partial charge in [0, 0.05) is 36.3 Å². The number of benzene rings is 1. The van der Waals surface area contributed by atoms with Gasteiger partial charge in [-0.1, -0.05) is 6.42 Å². The Kier molecular flexibility index (Phi) is 10.4. The highest BCUT2D eigenvalue weighted by Crippen LogP contribution is 2.42. The third kappa shape index (κ3) is 7.14. The number of hydrogen-bond acceptors (Lipinski definition) is 4. The Morgan fingerprint density at radius 1 is 1.00 bits per heavy atom. The number of amides is 2. The van der Waals surface area contributed by atoms with Crippen LogP contribution in [0.2, 0.25) is 0 Å². The fraction of sp³-hybridized carbons (Fsp3) is 0.619. The Morgan fingerprint density at radius 2 is 1.52 bits per heavy atom. The van der Waals surface area contributed by atoms with Gasteiger partial charge in [-0.05, 0) is 75.9 Å². The molecule has 2 aliphatic carbocycles. The van der Waals surface area contributed by atoms with Crippen LogP contribution in [0.4, 0.5) is 11.4 Å². The van der Waals surface area contributed by atoms with Crippen LogP contribution < -0.4 is 16.4 Å². The first-order valence-electron chi connectivity index (χ1n) is 10.0. The molecule has 2 unspecified atom stereocenters. The van der Waals surface area contributed by atoms with Crippen LogP contribution in [0.25, 0.3) is 0 Å². The van der Waals surface area contributed by atoms with E-state index in [1.54, 1.807) is 0 Å². The lowest BCUT2D eigenvalue weighted by molar-refractivity contribution is -0.122. The predicted molar refractivity (Wildman–Crippen MR) is 123 cm³/mol. The first-order chi connectivity index (χ1) is 12.9. The van der Waals surface area contributed by atoms with Crippen LogP contribution in [-0.2, 0) is 9.59 Å². The van der Waals surface area contributed by atoms with E-state index in [0.717, 1.165) is 37.1 Å². The molecule has 2 amide bonds. The molecule has 2 saturated carbocycles. The van der Waals surface area contributed by atoms with Crippen LogP contribution in [0.3, 0.4) is 0 Å². The zero-order chi connectivity index (χ0) is 19.4. The van der Waals surface area contributed by atoms with Crippen LogP contribution in [0, 0.1) is 17.8 Å². The van der Waals surface area contributed by atoms with Gasteiger partial charge in [-0.2, -0.15) is 0 Å². The van der Waals surface area contributed by atoms with Crippen molar-refractivity contribution in [3.63, 3.8) is 0 Å². The second-order valence-corrected chi connectivity index (χ2v) is 8.36. The molecule has 0 radical (unpaired) electrons. The van der Waals surface area contributed by atoms with Gasteiger partial charge in [-0.3, -0.25) is 9.59 Å². The van der Waals surface area contributed by atoms with Gasteiger partial charge in [-0.25, -0.2) is 0 Å². The molecular weight excluding hydrogens is 411 g/mol. The van der Waals surface area contributed by atoms with Crippen LogP contribution in [0.15, 0.2) is 24.3 Å². The summed E-state index contributed by atoms with van der Waals surface area (Å²) in [5.41, 5.74) is 7.84. The Labute approximate surface area is 186 Å². The summed E-state index contributed by atoms with van der Waals surface area (Å²) in [7, 11) is 3.88. The van der Waals surface area contributed by atoms with Crippen molar-refractivity contribution in [1.29, 1.82) is 0 Å². The van der Waals surface area contributed by atoms with Gasteiger partial charge in [0.05, 0.1) is 0 Å². The second kappa shape index (κ2) is 11.7. The maximum absolute atomic E-state index is 12.7. The largest absolute Gasteiger partial charge is 0.327 e. The standard InChI is InChI=1S/C21H32N4O2.2ClH/c1-25(2)11-10-19(26)23-17-6-8-18(9-7-17)24-21(27)16-12-14-4-3-5-15(13-16)20(14)22;;/h6-9,14-16,20H,3-5,10-13,22H2,1-2H3,(H,23,26)(H,24,27);2*1H. The van der Waals surface area contributed by atoms with E-state index < -0.39 is 0 Å². The number of nitrogens with one attached hydrogen (secondary N) is 2. The van der Waals surface area contributed by atoms with Crippen LogP contribution in [0.1, 0.15) is 38.5 Å². The molecule has 1 aromatic carbocycles. The molecule has 0 heterocycles. The normalized spacial score (nSPS) is 25.4. The number of nitrogens with zero attached hydrogens (tertiary/aromatic N) is 1. The smallest absolute Gasteiger partial charge is 0.227 e. The maximum Gasteiger partial charge on any atom is 0.227 e. The van der Waals surface area contributed by atoms with Crippen molar-refractivity contribution in [2.24, 2.45) is 23.5 Å². The molecule has 2 aliphatic rings. The molecule has 3 rings (SSSR count). The monoisotopic (exact) mass is 444 g/mol.